The average Bonchev–Trinajstić information content (AvgIpc) is 3.39. The van der Waals surface area contributed by atoms with Gasteiger partial charge in [0.25, 0.3) is 0 Å². The molecule has 0 aromatic carbocycles. The summed E-state index contributed by atoms with van der Waals surface area (Å²) < 4.78 is 22.7. The van der Waals surface area contributed by atoms with E-state index in [1.54, 1.807) is 6.08 Å². The fraction of sp³-hybridized carbons (Fsp3) is 0.881. The molecule has 0 aliphatic carbocycles. The summed E-state index contributed by atoms with van der Waals surface area (Å²) in [6.07, 6.45) is 38.0. The number of nitrogens with one attached hydrogen (secondary N) is 1. The van der Waals surface area contributed by atoms with E-state index in [4.69, 9.17) is 18.9 Å². The summed E-state index contributed by atoms with van der Waals surface area (Å²) in [5.74, 6) is -0.261. The van der Waals surface area contributed by atoms with E-state index < -0.39 is 86.8 Å². The van der Waals surface area contributed by atoms with Crippen molar-refractivity contribution in [3.63, 3.8) is 0 Å². The molecule has 0 saturated carbocycles. The summed E-state index contributed by atoms with van der Waals surface area (Å²) >= 11 is 0. The molecular formula is C59H109NO13. The second kappa shape index (κ2) is 45.3. The maximum absolute atomic E-state index is 13.1. The fourth-order valence-corrected chi connectivity index (χ4v) is 9.72. The van der Waals surface area contributed by atoms with E-state index in [1.165, 1.54) is 148 Å². The van der Waals surface area contributed by atoms with Gasteiger partial charge in [-0.2, -0.15) is 0 Å². The highest BCUT2D eigenvalue weighted by Crippen LogP contribution is 2.30. The second-order valence-corrected chi connectivity index (χ2v) is 21.1. The topological polar surface area (TPSA) is 228 Å². The van der Waals surface area contributed by atoms with Gasteiger partial charge >= 0.3 is 0 Å². The van der Waals surface area contributed by atoms with Crippen LogP contribution in [0.1, 0.15) is 239 Å². The van der Waals surface area contributed by atoms with Crippen LogP contribution in [0.4, 0.5) is 0 Å². The van der Waals surface area contributed by atoms with Crippen LogP contribution < -0.4 is 5.32 Å². The minimum absolute atomic E-state index is 0.261. The first kappa shape index (κ1) is 67.3. The molecule has 2 heterocycles. The Hall–Kier alpha value is -1.79. The van der Waals surface area contributed by atoms with E-state index in [-0.39, 0.29) is 18.9 Å². The van der Waals surface area contributed by atoms with Crippen LogP contribution in [0.3, 0.4) is 0 Å². The van der Waals surface area contributed by atoms with Gasteiger partial charge in [0.2, 0.25) is 5.91 Å². The molecule has 2 saturated heterocycles. The van der Waals surface area contributed by atoms with Gasteiger partial charge in [0.05, 0.1) is 32.0 Å². The van der Waals surface area contributed by atoms with Gasteiger partial charge in [0.1, 0.15) is 48.8 Å². The first-order valence-electron chi connectivity index (χ1n) is 29.7. The summed E-state index contributed by atoms with van der Waals surface area (Å²) in [6.45, 7) is 2.71. The number of unbranched alkanes of at least 4 members (excludes halogenated alkanes) is 30. The molecule has 428 valence electrons. The quantitative estimate of drug-likeness (QED) is 0.0205. The molecule has 0 aromatic heterocycles. The highest BCUT2D eigenvalue weighted by atomic mass is 16.7. The molecule has 2 aliphatic heterocycles. The van der Waals surface area contributed by atoms with E-state index in [2.05, 4.69) is 43.5 Å². The van der Waals surface area contributed by atoms with Crippen LogP contribution in [0.25, 0.3) is 0 Å². The molecular weight excluding hydrogens is 931 g/mol. The number of amides is 1. The number of aliphatic hydroxyl groups is 8. The van der Waals surface area contributed by atoms with Crippen molar-refractivity contribution in [2.75, 3.05) is 19.8 Å². The number of carbonyl (C=O) groups excluding carboxylic acids is 1. The molecule has 0 spiro atoms. The van der Waals surface area contributed by atoms with E-state index in [9.17, 15) is 45.6 Å². The predicted octanol–water partition coefficient (Wildman–Crippen LogP) is 9.83. The van der Waals surface area contributed by atoms with Crippen LogP contribution in [0.5, 0.6) is 0 Å². The second-order valence-electron chi connectivity index (χ2n) is 21.1. The molecule has 0 aromatic rings. The van der Waals surface area contributed by atoms with Crippen LogP contribution in [0.2, 0.25) is 0 Å². The van der Waals surface area contributed by atoms with E-state index in [1.807, 2.05) is 6.08 Å². The largest absolute Gasteiger partial charge is 0.394 e. The average molecular weight is 1040 g/mol. The third-order valence-corrected chi connectivity index (χ3v) is 14.5. The van der Waals surface area contributed by atoms with Gasteiger partial charge in [0, 0.05) is 6.42 Å². The van der Waals surface area contributed by atoms with Crippen LogP contribution in [-0.2, 0) is 23.7 Å². The number of ether oxygens (including phenoxy) is 4. The molecule has 1 amide bonds. The molecule has 73 heavy (non-hydrogen) atoms. The minimum Gasteiger partial charge on any atom is -0.394 e. The molecule has 12 atom stereocenters. The van der Waals surface area contributed by atoms with Crippen LogP contribution in [0.15, 0.2) is 36.5 Å². The molecule has 14 nitrogen and oxygen atoms in total. The highest BCUT2D eigenvalue weighted by Gasteiger charge is 2.51. The first-order chi connectivity index (χ1) is 35.6. The lowest BCUT2D eigenvalue weighted by Gasteiger charge is -2.46. The van der Waals surface area contributed by atoms with Crippen LogP contribution in [-0.4, -0.2) is 140 Å². The summed E-state index contributed by atoms with van der Waals surface area (Å²) in [5, 5.41) is 86.8. The Balaban J connectivity index is 1.70. The Bertz CT molecular complexity index is 1370. The van der Waals surface area contributed by atoms with Gasteiger partial charge in [-0.15, -0.1) is 0 Å². The molecule has 14 heteroatoms. The standard InChI is InChI=1S/C59H109NO13/c1-3-5-7-9-11-13-15-16-17-18-19-20-21-22-23-24-25-26-27-28-29-30-31-32-33-34-36-38-40-42-48(63)47(60-51(64)43-41-39-37-35-14-12-10-8-6-4-2)46-70-58-56(69)54(67)57(50(45-62)72-58)73-59-55(68)53(66)52(65)49(44-61)71-59/h8,10,33-34,40,42,47-50,52-59,61-63,65-69H,3-7,9,11-32,35-39,41,43-46H2,1-2H3,(H,60,64)/b10-8-,34-33+,42-40+. The summed E-state index contributed by atoms with van der Waals surface area (Å²) in [7, 11) is 0. The maximum atomic E-state index is 13.1. The number of hydrogen-bond donors (Lipinski definition) is 9. The monoisotopic (exact) mass is 1040 g/mol. The van der Waals surface area contributed by atoms with Gasteiger partial charge in [-0.05, 0) is 51.4 Å². The van der Waals surface area contributed by atoms with Gasteiger partial charge in [0.15, 0.2) is 12.6 Å². The zero-order chi connectivity index (χ0) is 53.2. The van der Waals surface area contributed by atoms with Crippen molar-refractivity contribution in [1.82, 2.24) is 5.32 Å². The van der Waals surface area contributed by atoms with E-state index in [0.717, 1.165) is 57.8 Å². The Morgan fingerprint density at radius 3 is 1.40 bits per heavy atom. The summed E-state index contributed by atoms with van der Waals surface area (Å²) in [5.41, 5.74) is 0. The highest BCUT2D eigenvalue weighted by molar-refractivity contribution is 5.76. The Morgan fingerprint density at radius 1 is 0.479 bits per heavy atom. The van der Waals surface area contributed by atoms with Gasteiger partial charge < -0.3 is 65.1 Å². The Labute approximate surface area is 442 Å². The lowest BCUT2D eigenvalue weighted by Crippen LogP contribution is -2.65. The third kappa shape index (κ3) is 31.3. The zero-order valence-corrected chi connectivity index (χ0v) is 45.9. The first-order valence-corrected chi connectivity index (χ1v) is 29.7. The summed E-state index contributed by atoms with van der Waals surface area (Å²) in [6, 6.07) is -0.934. The molecule has 12 unspecified atom stereocenters. The van der Waals surface area contributed by atoms with Crippen molar-refractivity contribution < 1.29 is 64.6 Å². The lowest BCUT2D eigenvalue weighted by molar-refractivity contribution is -0.359. The van der Waals surface area contributed by atoms with Crippen LogP contribution >= 0.6 is 0 Å². The Morgan fingerprint density at radius 2 is 0.904 bits per heavy atom. The van der Waals surface area contributed by atoms with E-state index in [0.29, 0.717) is 12.8 Å². The predicted molar refractivity (Wildman–Crippen MR) is 291 cm³/mol. The molecule has 9 N–H and O–H groups in total. The van der Waals surface area contributed by atoms with Crippen LogP contribution in [0, 0.1) is 0 Å². The van der Waals surface area contributed by atoms with E-state index >= 15 is 0 Å². The van der Waals surface area contributed by atoms with Crippen molar-refractivity contribution in [3.8, 4) is 0 Å². The molecule has 0 radical (unpaired) electrons. The lowest BCUT2D eigenvalue weighted by atomic mass is 9.97. The smallest absolute Gasteiger partial charge is 0.220 e. The molecule has 0 bridgehead atoms. The number of allylic oxidation sites excluding steroid dienone is 5. The minimum atomic E-state index is -1.79. The van der Waals surface area contributed by atoms with Gasteiger partial charge in [-0.3, -0.25) is 4.79 Å². The SMILES string of the molecule is CCC/C=C\CCCCCCCC(=O)NC(COC1OC(CO)C(OC2OC(CO)C(O)C(O)C2O)C(O)C1O)C(O)/C=C/CC/C=C/CCCCCCCCCCCCCCCCCCCCCCCCC. The molecule has 2 rings (SSSR count). The zero-order valence-electron chi connectivity index (χ0n) is 45.9. The normalized spacial score (nSPS) is 25.6. The maximum Gasteiger partial charge on any atom is 0.220 e. The van der Waals surface area contributed by atoms with Crippen molar-refractivity contribution in [1.29, 1.82) is 0 Å². The van der Waals surface area contributed by atoms with Crippen molar-refractivity contribution in [2.24, 2.45) is 0 Å². The molecule has 2 aliphatic rings. The third-order valence-electron chi connectivity index (χ3n) is 14.5. The Kier molecular flexibility index (Phi) is 41.7. The number of hydrogen-bond acceptors (Lipinski definition) is 13. The fourth-order valence-electron chi connectivity index (χ4n) is 9.72. The van der Waals surface area contributed by atoms with Crippen molar-refractivity contribution in [3.05, 3.63) is 36.5 Å². The number of aliphatic hydroxyl groups excluding tert-OH is 8. The number of carbonyl (C=O) groups is 1. The molecule has 2 fully saturated rings. The van der Waals surface area contributed by atoms with Crippen molar-refractivity contribution >= 4 is 5.91 Å². The number of rotatable bonds is 47. The van der Waals surface area contributed by atoms with Gasteiger partial charge in [-0.25, -0.2) is 0 Å². The van der Waals surface area contributed by atoms with Gasteiger partial charge in [-0.1, -0.05) is 217 Å². The van der Waals surface area contributed by atoms with Crippen molar-refractivity contribution in [2.45, 2.75) is 312 Å². The summed E-state index contributed by atoms with van der Waals surface area (Å²) in [4.78, 5) is 13.1.